The van der Waals surface area contributed by atoms with E-state index in [0.29, 0.717) is 5.92 Å². The Morgan fingerprint density at radius 1 is 1.37 bits per heavy atom. The number of methoxy groups -OCH3 is 1. The summed E-state index contributed by atoms with van der Waals surface area (Å²) in [4.78, 5) is 1.05. The Balaban J connectivity index is 2.41. The van der Waals surface area contributed by atoms with Crippen molar-refractivity contribution >= 4 is 11.5 Å². The molecule has 0 radical (unpaired) electrons. The van der Waals surface area contributed by atoms with Gasteiger partial charge in [0, 0.05) is 0 Å². The summed E-state index contributed by atoms with van der Waals surface area (Å²) in [6, 6.07) is 7.71. The van der Waals surface area contributed by atoms with Crippen LogP contribution in [0.4, 0.5) is 0 Å². The summed E-state index contributed by atoms with van der Waals surface area (Å²) in [6.45, 7) is 4.19. The van der Waals surface area contributed by atoms with Gasteiger partial charge in [-0.25, -0.2) is 5.43 Å². The van der Waals surface area contributed by atoms with Gasteiger partial charge in [0.1, 0.15) is 5.75 Å². The molecule has 3 N–H and O–H groups in total. The molecule has 1 unspecified atom stereocenters. The molecule has 0 aliphatic heterocycles. The quantitative estimate of drug-likeness (QED) is 0.648. The lowest BCUT2D eigenvalue weighted by atomic mass is 10.0. The van der Waals surface area contributed by atoms with Gasteiger partial charge < -0.3 is 4.74 Å². The summed E-state index contributed by atoms with van der Waals surface area (Å²) in [5.74, 6) is 6.84. The van der Waals surface area contributed by atoms with Gasteiger partial charge in [0.2, 0.25) is 0 Å². The van der Waals surface area contributed by atoms with Crippen LogP contribution >= 0.6 is 11.5 Å². The summed E-state index contributed by atoms with van der Waals surface area (Å²) in [6.07, 6.45) is 0. The Bertz CT molecular complexity index is 541. The number of nitrogens with two attached hydrogens (primary N) is 1. The van der Waals surface area contributed by atoms with Gasteiger partial charge in [-0.2, -0.15) is 0 Å². The zero-order chi connectivity index (χ0) is 13.8. The van der Waals surface area contributed by atoms with Crippen molar-refractivity contribution in [1.29, 1.82) is 0 Å². The highest BCUT2D eigenvalue weighted by Gasteiger charge is 2.22. The van der Waals surface area contributed by atoms with Crippen LogP contribution in [-0.2, 0) is 0 Å². The Morgan fingerprint density at radius 3 is 2.79 bits per heavy atom. The van der Waals surface area contributed by atoms with E-state index in [9.17, 15) is 0 Å². The second kappa shape index (κ2) is 6.10. The molecule has 102 valence electrons. The van der Waals surface area contributed by atoms with Gasteiger partial charge in [-0.15, -0.1) is 5.10 Å². The summed E-state index contributed by atoms with van der Waals surface area (Å²) < 4.78 is 9.29. The molecule has 2 aromatic rings. The van der Waals surface area contributed by atoms with Crippen molar-refractivity contribution in [2.45, 2.75) is 25.8 Å². The number of benzene rings is 1. The fraction of sp³-hybridized carbons (Fsp3) is 0.385. The van der Waals surface area contributed by atoms with Crippen LogP contribution in [-0.4, -0.2) is 16.7 Å². The zero-order valence-electron chi connectivity index (χ0n) is 11.3. The summed E-state index contributed by atoms with van der Waals surface area (Å²) in [5.41, 5.74) is 4.86. The molecule has 0 spiro atoms. The molecule has 1 aromatic heterocycles. The number of ether oxygens (including phenoxy) is 1. The van der Waals surface area contributed by atoms with Gasteiger partial charge in [-0.05, 0) is 35.1 Å². The van der Waals surface area contributed by atoms with Crippen LogP contribution in [0, 0.1) is 0 Å². The summed E-state index contributed by atoms with van der Waals surface area (Å²) >= 11 is 1.37. The lowest BCUT2D eigenvalue weighted by Crippen LogP contribution is -2.29. The minimum atomic E-state index is -0.118. The van der Waals surface area contributed by atoms with Gasteiger partial charge in [0.25, 0.3) is 0 Å². The Hall–Kier alpha value is -1.50. The molecule has 1 heterocycles. The number of nitrogens with one attached hydrogen (secondary N) is 1. The molecule has 5 nitrogen and oxygen atoms in total. The first-order chi connectivity index (χ1) is 9.17. The minimum absolute atomic E-state index is 0.118. The first kappa shape index (κ1) is 13.9. The largest absolute Gasteiger partial charge is 0.497 e. The van der Waals surface area contributed by atoms with E-state index >= 15 is 0 Å². The number of nitrogens with zero attached hydrogens (tertiary/aromatic N) is 2. The average molecular weight is 278 g/mol. The maximum atomic E-state index is 5.72. The number of hydrazine groups is 1. The fourth-order valence-corrected chi connectivity index (χ4v) is 2.85. The first-order valence-corrected chi connectivity index (χ1v) is 6.87. The molecule has 0 amide bonds. The first-order valence-electron chi connectivity index (χ1n) is 6.09. The van der Waals surface area contributed by atoms with E-state index in [-0.39, 0.29) is 6.04 Å². The summed E-state index contributed by atoms with van der Waals surface area (Å²) in [5, 5.41) is 4.19. The highest BCUT2D eigenvalue weighted by atomic mass is 32.1. The van der Waals surface area contributed by atoms with Gasteiger partial charge in [0.05, 0.1) is 23.7 Å². The molecule has 0 aliphatic carbocycles. The molecule has 0 bridgehead atoms. The van der Waals surface area contributed by atoms with Gasteiger partial charge in [-0.1, -0.05) is 30.5 Å². The Morgan fingerprint density at radius 2 is 2.16 bits per heavy atom. The number of rotatable bonds is 5. The van der Waals surface area contributed by atoms with Gasteiger partial charge >= 0.3 is 0 Å². The van der Waals surface area contributed by atoms with E-state index in [1.54, 1.807) is 7.11 Å². The highest BCUT2D eigenvalue weighted by Crippen LogP contribution is 2.31. The number of hydrogen-bond acceptors (Lipinski definition) is 6. The third kappa shape index (κ3) is 2.91. The second-order valence-corrected chi connectivity index (χ2v) is 5.34. The molecule has 0 saturated carbocycles. The van der Waals surface area contributed by atoms with Crippen LogP contribution in [0.15, 0.2) is 24.3 Å². The van der Waals surface area contributed by atoms with E-state index in [1.165, 1.54) is 11.5 Å². The molecule has 0 saturated heterocycles. The lowest BCUT2D eigenvalue weighted by molar-refractivity contribution is 0.413. The normalized spacial score (nSPS) is 12.7. The third-order valence-corrected chi connectivity index (χ3v) is 3.75. The molecule has 2 rings (SSSR count). The topological polar surface area (TPSA) is 73.1 Å². The van der Waals surface area contributed by atoms with E-state index in [2.05, 4.69) is 28.9 Å². The van der Waals surface area contributed by atoms with Crippen molar-refractivity contribution in [2.24, 2.45) is 5.84 Å². The van der Waals surface area contributed by atoms with Crippen LogP contribution < -0.4 is 16.0 Å². The van der Waals surface area contributed by atoms with Crippen molar-refractivity contribution in [3.63, 3.8) is 0 Å². The molecular formula is C13H18N4OS. The van der Waals surface area contributed by atoms with E-state index in [0.717, 1.165) is 21.9 Å². The van der Waals surface area contributed by atoms with Crippen molar-refractivity contribution in [2.75, 3.05) is 7.11 Å². The van der Waals surface area contributed by atoms with Crippen LogP contribution in [0.25, 0.3) is 0 Å². The fourth-order valence-electron chi connectivity index (χ4n) is 1.95. The van der Waals surface area contributed by atoms with E-state index in [1.807, 2.05) is 24.3 Å². The number of aromatic nitrogens is 2. The van der Waals surface area contributed by atoms with Crippen molar-refractivity contribution in [3.05, 3.63) is 40.4 Å². The van der Waals surface area contributed by atoms with Crippen LogP contribution in [0.3, 0.4) is 0 Å². The van der Waals surface area contributed by atoms with E-state index < -0.39 is 0 Å². The van der Waals surface area contributed by atoms with Crippen LogP contribution in [0.2, 0.25) is 0 Å². The zero-order valence-corrected chi connectivity index (χ0v) is 12.1. The standard InChI is InChI=1S/C13H18N4OS/c1-8(2)11-13(19-17-16-11)12(15-14)9-5-4-6-10(7-9)18-3/h4-8,12,15H,14H2,1-3H3. The molecule has 19 heavy (non-hydrogen) atoms. The molecule has 1 aromatic carbocycles. The van der Waals surface area contributed by atoms with Gasteiger partial charge in [-0.3, -0.25) is 5.84 Å². The second-order valence-electron chi connectivity index (χ2n) is 4.55. The molecule has 0 fully saturated rings. The molecule has 0 aliphatic rings. The predicted octanol–water partition coefficient (Wildman–Crippen LogP) is 2.22. The molecule has 6 heteroatoms. The molecular weight excluding hydrogens is 260 g/mol. The Labute approximate surface area is 116 Å². The maximum Gasteiger partial charge on any atom is 0.119 e. The van der Waals surface area contributed by atoms with Gasteiger partial charge in [0.15, 0.2) is 0 Å². The lowest BCUT2D eigenvalue weighted by Gasteiger charge is -2.17. The van der Waals surface area contributed by atoms with E-state index in [4.69, 9.17) is 10.6 Å². The van der Waals surface area contributed by atoms with Crippen molar-refractivity contribution < 1.29 is 4.74 Å². The van der Waals surface area contributed by atoms with Crippen molar-refractivity contribution in [1.82, 2.24) is 15.0 Å². The van der Waals surface area contributed by atoms with Crippen LogP contribution in [0.5, 0.6) is 5.75 Å². The SMILES string of the molecule is COc1cccc(C(NN)c2snnc2C(C)C)c1. The highest BCUT2D eigenvalue weighted by molar-refractivity contribution is 7.05. The third-order valence-electron chi connectivity index (χ3n) is 2.94. The maximum absolute atomic E-state index is 5.72. The summed E-state index contributed by atoms with van der Waals surface area (Å²) in [7, 11) is 1.65. The average Bonchev–Trinajstić information content (AvgIpc) is 2.89. The molecule has 1 atom stereocenters. The minimum Gasteiger partial charge on any atom is -0.497 e. The monoisotopic (exact) mass is 278 g/mol. The predicted molar refractivity (Wildman–Crippen MR) is 76.2 cm³/mol. The Kier molecular flexibility index (Phi) is 4.47. The number of hydrogen-bond donors (Lipinski definition) is 2. The smallest absolute Gasteiger partial charge is 0.119 e. The van der Waals surface area contributed by atoms with Crippen molar-refractivity contribution in [3.8, 4) is 5.75 Å². The van der Waals surface area contributed by atoms with Crippen LogP contribution in [0.1, 0.15) is 41.9 Å².